The van der Waals surface area contributed by atoms with Crippen molar-refractivity contribution in [1.29, 1.82) is 0 Å². The Morgan fingerprint density at radius 1 is 0.970 bits per heavy atom. The predicted molar refractivity (Wildman–Crippen MR) is 127 cm³/mol. The second kappa shape index (κ2) is 10.5. The average Bonchev–Trinajstić information content (AvgIpc) is 3.03. The number of carbonyl (C=O) groups is 3. The molecule has 1 fully saturated rings. The Labute approximate surface area is 197 Å². The maximum atomic E-state index is 13.0. The standard InChI is InChI=1S/C25H27ClN2O5/c1-27(2)19-13-9-16(10-14-19)22-21(23(31)17-7-11-18(26)12-8-17)24(32)25(33)28(22)15-5-3-4-6-20(29)30/h7-14,22,31H,3-6,15H2,1-2H3,(H,29,30). The number of carboxylic acid groups (broad SMARTS) is 1. The highest BCUT2D eigenvalue weighted by Gasteiger charge is 2.45. The van der Waals surface area contributed by atoms with Crippen molar-refractivity contribution in [2.45, 2.75) is 31.7 Å². The molecule has 8 heteroatoms. The summed E-state index contributed by atoms with van der Waals surface area (Å²) in [6, 6.07) is 13.2. The number of rotatable bonds is 9. The fraction of sp³-hybridized carbons (Fsp3) is 0.320. The second-order valence-electron chi connectivity index (χ2n) is 8.19. The molecule has 174 valence electrons. The van der Waals surface area contributed by atoms with Crippen LogP contribution in [-0.2, 0) is 14.4 Å². The van der Waals surface area contributed by atoms with Gasteiger partial charge in [0.2, 0.25) is 0 Å². The molecular formula is C25H27ClN2O5. The number of carbonyl (C=O) groups excluding carboxylic acids is 2. The van der Waals surface area contributed by atoms with Crippen molar-refractivity contribution in [3.63, 3.8) is 0 Å². The second-order valence-corrected chi connectivity index (χ2v) is 8.63. The number of unbranched alkanes of at least 4 members (excludes halogenated alkanes) is 2. The number of likely N-dealkylation sites (tertiary alicyclic amines) is 1. The lowest BCUT2D eigenvalue weighted by Crippen LogP contribution is -2.30. The Hall–Kier alpha value is -3.32. The monoisotopic (exact) mass is 470 g/mol. The number of anilines is 1. The number of hydrogen-bond donors (Lipinski definition) is 2. The Morgan fingerprint density at radius 3 is 2.18 bits per heavy atom. The first kappa shape index (κ1) is 24.3. The highest BCUT2D eigenvalue weighted by molar-refractivity contribution is 6.46. The molecule has 1 unspecified atom stereocenters. The summed E-state index contributed by atoms with van der Waals surface area (Å²) in [4.78, 5) is 40.1. The van der Waals surface area contributed by atoms with Gasteiger partial charge in [0.25, 0.3) is 11.7 Å². The van der Waals surface area contributed by atoms with E-state index in [2.05, 4.69) is 0 Å². The third-order valence-electron chi connectivity index (χ3n) is 5.67. The normalized spacial score (nSPS) is 17.4. The zero-order chi connectivity index (χ0) is 24.1. The summed E-state index contributed by atoms with van der Waals surface area (Å²) < 4.78 is 0. The fourth-order valence-corrected chi connectivity index (χ4v) is 4.04. The maximum absolute atomic E-state index is 13.0. The molecule has 1 aliphatic rings. The first-order valence-electron chi connectivity index (χ1n) is 10.7. The smallest absolute Gasteiger partial charge is 0.303 e. The van der Waals surface area contributed by atoms with Crippen LogP contribution in [0.5, 0.6) is 0 Å². The summed E-state index contributed by atoms with van der Waals surface area (Å²) in [5.74, 6) is -2.53. The van der Waals surface area contributed by atoms with Crippen LogP contribution in [0.15, 0.2) is 54.1 Å². The van der Waals surface area contributed by atoms with Gasteiger partial charge in [0.1, 0.15) is 5.76 Å². The van der Waals surface area contributed by atoms with Gasteiger partial charge < -0.3 is 20.0 Å². The number of carboxylic acids is 1. The Bertz CT molecular complexity index is 1060. The van der Waals surface area contributed by atoms with Crippen LogP contribution in [0.4, 0.5) is 5.69 Å². The van der Waals surface area contributed by atoms with Gasteiger partial charge in [-0.05, 0) is 54.8 Å². The van der Waals surface area contributed by atoms with Gasteiger partial charge in [0, 0.05) is 43.3 Å². The number of hydrogen-bond acceptors (Lipinski definition) is 5. The van der Waals surface area contributed by atoms with E-state index in [-0.39, 0.29) is 24.3 Å². The van der Waals surface area contributed by atoms with Gasteiger partial charge in [-0.3, -0.25) is 14.4 Å². The number of ketones is 1. The van der Waals surface area contributed by atoms with Gasteiger partial charge in [-0.15, -0.1) is 0 Å². The number of nitrogens with zero attached hydrogens (tertiary/aromatic N) is 2. The maximum Gasteiger partial charge on any atom is 0.303 e. The first-order chi connectivity index (χ1) is 15.7. The summed E-state index contributed by atoms with van der Waals surface area (Å²) in [5, 5.41) is 20.3. The van der Waals surface area contributed by atoms with Crippen LogP contribution < -0.4 is 4.90 Å². The average molecular weight is 471 g/mol. The minimum atomic E-state index is -0.862. The minimum Gasteiger partial charge on any atom is -0.507 e. The van der Waals surface area contributed by atoms with Crippen molar-refractivity contribution >= 4 is 40.7 Å². The van der Waals surface area contributed by atoms with Gasteiger partial charge in [-0.1, -0.05) is 30.2 Å². The van der Waals surface area contributed by atoms with Gasteiger partial charge in [-0.2, -0.15) is 0 Å². The zero-order valence-corrected chi connectivity index (χ0v) is 19.4. The fourth-order valence-electron chi connectivity index (χ4n) is 3.91. The molecule has 0 aliphatic carbocycles. The summed E-state index contributed by atoms with van der Waals surface area (Å²) in [5.41, 5.74) is 2.10. The van der Waals surface area contributed by atoms with Crippen LogP contribution in [0.25, 0.3) is 5.76 Å². The van der Waals surface area contributed by atoms with E-state index < -0.39 is 23.7 Å². The molecule has 3 rings (SSSR count). The number of benzene rings is 2. The molecule has 1 amide bonds. The van der Waals surface area contributed by atoms with Crippen LogP contribution in [0, 0.1) is 0 Å². The predicted octanol–water partition coefficient (Wildman–Crippen LogP) is 4.47. The summed E-state index contributed by atoms with van der Waals surface area (Å²) in [6.07, 6.45) is 1.71. The van der Waals surface area contributed by atoms with Gasteiger partial charge in [0.15, 0.2) is 0 Å². The van der Waals surface area contributed by atoms with E-state index in [9.17, 15) is 19.5 Å². The van der Waals surface area contributed by atoms with Crippen LogP contribution in [-0.4, -0.2) is 53.4 Å². The molecule has 1 aliphatic heterocycles. The van der Waals surface area contributed by atoms with Gasteiger partial charge >= 0.3 is 5.97 Å². The third kappa shape index (κ3) is 5.54. The van der Waals surface area contributed by atoms with E-state index in [1.807, 2.05) is 43.3 Å². The molecule has 2 aromatic rings. The number of Topliss-reactive ketones (excluding diaryl/α,β-unsaturated/α-hetero) is 1. The molecular weight excluding hydrogens is 444 g/mol. The van der Waals surface area contributed by atoms with E-state index in [1.54, 1.807) is 24.3 Å². The molecule has 0 radical (unpaired) electrons. The molecule has 0 aromatic heterocycles. The largest absolute Gasteiger partial charge is 0.507 e. The lowest BCUT2D eigenvalue weighted by atomic mass is 9.95. The summed E-state index contributed by atoms with van der Waals surface area (Å²) in [6.45, 7) is 0.279. The van der Waals surface area contributed by atoms with Crippen molar-refractivity contribution in [1.82, 2.24) is 4.90 Å². The number of aliphatic carboxylic acids is 1. The molecule has 1 heterocycles. The highest BCUT2D eigenvalue weighted by atomic mass is 35.5. The Kier molecular flexibility index (Phi) is 7.76. The number of aliphatic hydroxyl groups excluding tert-OH is 1. The topological polar surface area (TPSA) is 98.2 Å². The molecule has 2 N–H and O–H groups in total. The molecule has 0 bridgehead atoms. The Balaban J connectivity index is 1.98. The van der Waals surface area contributed by atoms with E-state index in [0.29, 0.717) is 35.4 Å². The van der Waals surface area contributed by atoms with E-state index in [4.69, 9.17) is 16.7 Å². The SMILES string of the molecule is CN(C)c1ccc(C2C(=C(O)c3ccc(Cl)cc3)C(=O)C(=O)N2CCCCCC(=O)O)cc1. The van der Waals surface area contributed by atoms with Crippen molar-refractivity contribution < 1.29 is 24.6 Å². The molecule has 33 heavy (non-hydrogen) atoms. The van der Waals surface area contributed by atoms with Crippen LogP contribution >= 0.6 is 11.6 Å². The lowest BCUT2D eigenvalue weighted by molar-refractivity contribution is -0.140. The van der Waals surface area contributed by atoms with Crippen LogP contribution in [0.2, 0.25) is 5.02 Å². The zero-order valence-electron chi connectivity index (χ0n) is 18.6. The summed E-state index contributed by atoms with van der Waals surface area (Å²) in [7, 11) is 3.83. The Morgan fingerprint density at radius 2 is 1.61 bits per heavy atom. The van der Waals surface area contributed by atoms with Crippen molar-refractivity contribution in [3.8, 4) is 0 Å². The first-order valence-corrected chi connectivity index (χ1v) is 11.1. The quantitative estimate of drug-likeness (QED) is 0.243. The minimum absolute atomic E-state index is 0.0328. The molecule has 0 spiro atoms. The molecule has 2 aromatic carbocycles. The van der Waals surface area contributed by atoms with E-state index in [1.165, 1.54) is 4.90 Å². The third-order valence-corrected chi connectivity index (χ3v) is 5.92. The van der Waals surface area contributed by atoms with Crippen LogP contribution in [0.1, 0.15) is 42.9 Å². The van der Waals surface area contributed by atoms with Crippen molar-refractivity contribution in [3.05, 3.63) is 70.3 Å². The van der Waals surface area contributed by atoms with E-state index in [0.717, 1.165) is 5.69 Å². The van der Waals surface area contributed by atoms with E-state index >= 15 is 0 Å². The van der Waals surface area contributed by atoms with Gasteiger partial charge in [0.05, 0.1) is 11.6 Å². The molecule has 1 atom stereocenters. The molecule has 1 saturated heterocycles. The highest BCUT2D eigenvalue weighted by Crippen LogP contribution is 2.40. The van der Waals surface area contributed by atoms with Crippen molar-refractivity contribution in [2.75, 3.05) is 25.5 Å². The lowest BCUT2D eigenvalue weighted by Gasteiger charge is -2.26. The molecule has 7 nitrogen and oxygen atoms in total. The number of amides is 1. The molecule has 0 saturated carbocycles. The van der Waals surface area contributed by atoms with Gasteiger partial charge in [-0.25, -0.2) is 0 Å². The summed E-state index contributed by atoms with van der Waals surface area (Å²) >= 11 is 5.95. The van der Waals surface area contributed by atoms with Crippen molar-refractivity contribution in [2.24, 2.45) is 0 Å². The van der Waals surface area contributed by atoms with Crippen LogP contribution in [0.3, 0.4) is 0 Å². The number of halogens is 1. The number of aliphatic hydroxyl groups is 1.